The second-order valence-electron chi connectivity index (χ2n) is 11.0. The van der Waals surface area contributed by atoms with Crippen molar-refractivity contribution in [2.45, 2.75) is 56.9 Å². The first-order valence-corrected chi connectivity index (χ1v) is 14.1. The molecule has 1 aliphatic carbocycles. The maximum atomic E-state index is 13.0. The van der Waals surface area contributed by atoms with Crippen molar-refractivity contribution in [2.75, 3.05) is 19.6 Å². The molecule has 2 aromatic carbocycles. The standard InChI is InChI=1S/C32H36N4O2/c37-32(28-8-4-10-30-27(28)9-5-18-33-30)34-26-13-11-23(12-14-26)15-19-36-20-16-24(17-21-36)29-22-38-35-31(29)25-6-2-1-3-7-25/h1-10,18,22-24,26H,11-17,19-21H2,(H,34,37). The van der Waals surface area contributed by atoms with Gasteiger partial charge in [0.25, 0.3) is 5.91 Å². The maximum Gasteiger partial charge on any atom is 0.252 e. The molecule has 2 fully saturated rings. The second kappa shape index (κ2) is 11.5. The summed E-state index contributed by atoms with van der Waals surface area (Å²) in [7, 11) is 0. The van der Waals surface area contributed by atoms with Crippen LogP contribution >= 0.6 is 0 Å². The Hall–Kier alpha value is -3.51. The van der Waals surface area contributed by atoms with Gasteiger partial charge in [-0.15, -0.1) is 0 Å². The molecule has 4 aromatic rings. The number of rotatable bonds is 7. The van der Waals surface area contributed by atoms with Gasteiger partial charge in [0.1, 0.15) is 12.0 Å². The Bertz CT molecular complexity index is 1350. The van der Waals surface area contributed by atoms with Crippen LogP contribution in [0.1, 0.15) is 66.8 Å². The summed E-state index contributed by atoms with van der Waals surface area (Å²) in [6, 6.07) is 20.3. The number of hydrogen-bond acceptors (Lipinski definition) is 5. The summed E-state index contributed by atoms with van der Waals surface area (Å²) in [4.78, 5) is 20.0. The van der Waals surface area contributed by atoms with Gasteiger partial charge in [-0.25, -0.2) is 0 Å². The molecular formula is C32H36N4O2. The molecule has 6 rings (SSSR count). The van der Waals surface area contributed by atoms with Crippen LogP contribution in [0.3, 0.4) is 0 Å². The van der Waals surface area contributed by atoms with Crippen LogP contribution in [0, 0.1) is 5.92 Å². The molecule has 0 spiro atoms. The van der Waals surface area contributed by atoms with E-state index < -0.39 is 0 Å². The van der Waals surface area contributed by atoms with E-state index in [4.69, 9.17) is 4.52 Å². The smallest absolute Gasteiger partial charge is 0.252 e. The fraction of sp³-hybridized carbons (Fsp3) is 0.406. The molecule has 2 aromatic heterocycles. The molecule has 0 radical (unpaired) electrons. The summed E-state index contributed by atoms with van der Waals surface area (Å²) in [6.07, 6.45) is 11.7. The van der Waals surface area contributed by atoms with Crippen LogP contribution in [0.2, 0.25) is 0 Å². The molecule has 6 heteroatoms. The maximum absolute atomic E-state index is 13.0. The second-order valence-corrected chi connectivity index (χ2v) is 11.0. The molecule has 0 unspecified atom stereocenters. The lowest BCUT2D eigenvalue weighted by Crippen LogP contribution is -2.38. The van der Waals surface area contributed by atoms with E-state index in [-0.39, 0.29) is 11.9 Å². The van der Waals surface area contributed by atoms with Gasteiger partial charge in [-0.3, -0.25) is 9.78 Å². The number of hydrogen-bond donors (Lipinski definition) is 1. The number of nitrogens with one attached hydrogen (secondary N) is 1. The van der Waals surface area contributed by atoms with Crippen LogP contribution in [0.5, 0.6) is 0 Å². The van der Waals surface area contributed by atoms with Gasteiger partial charge in [-0.1, -0.05) is 47.6 Å². The molecule has 0 bridgehead atoms. The Balaban J connectivity index is 0.943. The van der Waals surface area contributed by atoms with Gasteiger partial charge in [-0.05, 0) is 94.6 Å². The number of nitrogens with zero attached hydrogens (tertiary/aromatic N) is 3. The molecule has 6 nitrogen and oxygen atoms in total. The van der Waals surface area contributed by atoms with E-state index >= 15 is 0 Å². The van der Waals surface area contributed by atoms with E-state index in [0.29, 0.717) is 5.92 Å². The van der Waals surface area contributed by atoms with Crippen molar-refractivity contribution in [3.63, 3.8) is 0 Å². The number of carbonyl (C=O) groups is 1. The molecule has 38 heavy (non-hydrogen) atoms. The number of amides is 1. The van der Waals surface area contributed by atoms with Crippen molar-refractivity contribution in [2.24, 2.45) is 5.92 Å². The Morgan fingerprint density at radius 1 is 0.921 bits per heavy atom. The largest absolute Gasteiger partial charge is 0.364 e. The lowest BCUT2D eigenvalue weighted by Gasteiger charge is -2.34. The van der Waals surface area contributed by atoms with Crippen molar-refractivity contribution in [1.82, 2.24) is 20.4 Å². The molecule has 1 saturated carbocycles. The van der Waals surface area contributed by atoms with Crippen LogP contribution in [-0.4, -0.2) is 46.6 Å². The molecular weight excluding hydrogens is 472 g/mol. The van der Waals surface area contributed by atoms with Crippen molar-refractivity contribution < 1.29 is 9.32 Å². The van der Waals surface area contributed by atoms with Crippen LogP contribution in [0.15, 0.2) is 77.6 Å². The summed E-state index contributed by atoms with van der Waals surface area (Å²) >= 11 is 0. The lowest BCUT2D eigenvalue weighted by molar-refractivity contribution is 0.0921. The number of carbonyl (C=O) groups excluding carboxylic acids is 1. The fourth-order valence-electron chi connectivity index (χ4n) is 6.34. The zero-order chi connectivity index (χ0) is 25.7. The summed E-state index contributed by atoms with van der Waals surface area (Å²) < 4.78 is 5.39. The van der Waals surface area contributed by atoms with E-state index in [1.165, 1.54) is 31.4 Å². The van der Waals surface area contributed by atoms with Gasteiger partial charge in [-0.2, -0.15) is 0 Å². The Morgan fingerprint density at radius 3 is 2.55 bits per heavy atom. The summed E-state index contributed by atoms with van der Waals surface area (Å²) in [5, 5.41) is 8.53. The molecule has 2 aliphatic rings. The van der Waals surface area contributed by atoms with Crippen LogP contribution in [0.25, 0.3) is 22.2 Å². The van der Waals surface area contributed by atoms with Gasteiger partial charge < -0.3 is 14.7 Å². The molecule has 1 saturated heterocycles. The van der Waals surface area contributed by atoms with Crippen molar-refractivity contribution in [1.29, 1.82) is 0 Å². The predicted molar refractivity (Wildman–Crippen MR) is 150 cm³/mol. The van der Waals surface area contributed by atoms with Crippen LogP contribution in [0.4, 0.5) is 0 Å². The van der Waals surface area contributed by atoms with E-state index in [9.17, 15) is 4.79 Å². The highest BCUT2D eigenvalue weighted by Crippen LogP contribution is 2.35. The monoisotopic (exact) mass is 508 g/mol. The van der Waals surface area contributed by atoms with Gasteiger partial charge in [0, 0.05) is 34.3 Å². The number of likely N-dealkylation sites (tertiary alicyclic amines) is 1. The zero-order valence-corrected chi connectivity index (χ0v) is 21.9. The SMILES string of the molecule is O=C(NC1CCC(CCN2CCC(c3conc3-c3ccccc3)CC2)CC1)c1cccc2ncccc12. The van der Waals surface area contributed by atoms with Gasteiger partial charge in [0.2, 0.25) is 0 Å². The van der Waals surface area contributed by atoms with Crippen LogP contribution in [-0.2, 0) is 0 Å². The highest BCUT2D eigenvalue weighted by molar-refractivity contribution is 6.06. The highest BCUT2D eigenvalue weighted by atomic mass is 16.5. The highest BCUT2D eigenvalue weighted by Gasteiger charge is 2.27. The minimum atomic E-state index is 0.0261. The average Bonchev–Trinajstić information content (AvgIpc) is 3.47. The molecule has 0 atom stereocenters. The molecule has 1 aliphatic heterocycles. The number of fused-ring (bicyclic) bond motifs is 1. The number of piperidine rings is 1. The molecule has 3 heterocycles. The van der Waals surface area contributed by atoms with Gasteiger partial charge in [0.05, 0.1) is 5.52 Å². The van der Waals surface area contributed by atoms with E-state index in [0.717, 1.165) is 72.4 Å². The Morgan fingerprint density at radius 2 is 1.74 bits per heavy atom. The van der Waals surface area contributed by atoms with Gasteiger partial charge in [0.15, 0.2) is 0 Å². The zero-order valence-electron chi connectivity index (χ0n) is 21.9. The summed E-state index contributed by atoms with van der Waals surface area (Å²) in [5.41, 5.74) is 5.00. The normalized spacial score (nSPS) is 20.9. The molecule has 196 valence electrons. The fourth-order valence-corrected chi connectivity index (χ4v) is 6.34. The molecule has 1 amide bonds. The summed E-state index contributed by atoms with van der Waals surface area (Å²) in [6.45, 7) is 3.44. The van der Waals surface area contributed by atoms with Gasteiger partial charge >= 0.3 is 0 Å². The summed E-state index contributed by atoms with van der Waals surface area (Å²) in [5.74, 6) is 1.30. The number of benzene rings is 2. The third kappa shape index (κ3) is 5.51. The minimum absolute atomic E-state index is 0.0261. The Labute approximate surface area is 224 Å². The van der Waals surface area contributed by atoms with Crippen molar-refractivity contribution in [3.05, 3.63) is 84.3 Å². The lowest BCUT2D eigenvalue weighted by atomic mass is 9.83. The quantitative estimate of drug-likeness (QED) is 0.311. The van der Waals surface area contributed by atoms with Crippen molar-refractivity contribution >= 4 is 16.8 Å². The van der Waals surface area contributed by atoms with E-state index in [1.54, 1.807) is 6.20 Å². The molecule has 1 N–H and O–H groups in total. The first-order chi connectivity index (χ1) is 18.7. The Kier molecular flexibility index (Phi) is 7.49. The third-order valence-corrected chi connectivity index (χ3v) is 8.60. The predicted octanol–water partition coefficient (Wildman–Crippen LogP) is 6.45. The van der Waals surface area contributed by atoms with E-state index in [2.05, 4.69) is 44.6 Å². The third-order valence-electron chi connectivity index (χ3n) is 8.60. The minimum Gasteiger partial charge on any atom is -0.364 e. The first kappa shape index (κ1) is 24.8. The van der Waals surface area contributed by atoms with E-state index in [1.807, 2.05) is 42.7 Å². The number of aromatic nitrogens is 2. The average molecular weight is 509 g/mol. The first-order valence-electron chi connectivity index (χ1n) is 14.1. The topological polar surface area (TPSA) is 71.3 Å². The van der Waals surface area contributed by atoms with Crippen LogP contribution < -0.4 is 5.32 Å². The number of pyridine rings is 1. The van der Waals surface area contributed by atoms with Crippen molar-refractivity contribution in [3.8, 4) is 11.3 Å².